The summed E-state index contributed by atoms with van der Waals surface area (Å²) in [4.78, 5) is 23.8. The minimum Gasteiger partial charge on any atom is -0.355 e. The van der Waals surface area contributed by atoms with Crippen LogP contribution in [-0.2, 0) is 11.3 Å². The molecule has 7 heteroatoms. The molecule has 28 heavy (non-hydrogen) atoms. The largest absolute Gasteiger partial charge is 0.355 e. The molecule has 0 aliphatic heterocycles. The highest BCUT2D eigenvalue weighted by Gasteiger charge is 2.08. The van der Waals surface area contributed by atoms with Crippen LogP contribution in [0.25, 0.3) is 6.08 Å². The smallest absolute Gasteiger partial charge is 0.251 e. The lowest BCUT2D eigenvalue weighted by molar-refractivity contribution is -0.111. The average molecular weight is 395 g/mol. The molecule has 0 spiro atoms. The van der Waals surface area contributed by atoms with Crippen molar-refractivity contribution in [3.63, 3.8) is 0 Å². The van der Waals surface area contributed by atoms with Gasteiger partial charge in [-0.3, -0.25) is 9.59 Å². The van der Waals surface area contributed by atoms with Gasteiger partial charge in [-0.1, -0.05) is 41.9 Å². The fourth-order valence-electron chi connectivity index (χ4n) is 2.58. The lowest BCUT2D eigenvalue weighted by Gasteiger charge is -2.09. The second-order valence-electron chi connectivity index (χ2n) is 5.99. The molecule has 0 bridgehead atoms. The number of anilines is 1. The van der Waals surface area contributed by atoms with Gasteiger partial charge in [-0.05, 0) is 35.4 Å². The Hall–Kier alpha value is -3.38. The first-order chi connectivity index (χ1) is 13.6. The van der Waals surface area contributed by atoms with Crippen molar-refractivity contribution in [1.29, 1.82) is 0 Å². The Balaban J connectivity index is 1.64. The van der Waals surface area contributed by atoms with Gasteiger partial charge in [0.15, 0.2) is 0 Å². The summed E-state index contributed by atoms with van der Waals surface area (Å²) in [6.45, 7) is 0.451. The Morgan fingerprint density at radius 1 is 1.11 bits per heavy atom. The number of rotatable bonds is 6. The third-order valence-electron chi connectivity index (χ3n) is 4.07. The molecule has 0 fully saturated rings. The Morgan fingerprint density at radius 2 is 1.86 bits per heavy atom. The van der Waals surface area contributed by atoms with E-state index >= 15 is 0 Å². The van der Waals surface area contributed by atoms with Crippen molar-refractivity contribution in [3.8, 4) is 0 Å². The molecular weight excluding hydrogens is 376 g/mol. The Morgan fingerprint density at radius 3 is 2.57 bits per heavy atom. The summed E-state index contributed by atoms with van der Waals surface area (Å²) >= 11 is 6.19. The van der Waals surface area contributed by atoms with E-state index < -0.39 is 0 Å². The number of carbonyl (C=O) groups is 2. The normalized spacial score (nSPS) is 10.8. The summed E-state index contributed by atoms with van der Waals surface area (Å²) in [5.41, 5.74) is 2.29. The number of amides is 2. The molecule has 2 N–H and O–H groups in total. The van der Waals surface area contributed by atoms with E-state index in [2.05, 4.69) is 15.7 Å². The van der Waals surface area contributed by atoms with Gasteiger partial charge in [-0.25, -0.2) is 4.68 Å². The predicted octanol–water partition coefficient (Wildman–Crippen LogP) is 3.60. The lowest BCUT2D eigenvalue weighted by Crippen LogP contribution is -2.17. The van der Waals surface area contributed by atoms with Crippen LogP contribution in [0.15, 0.2) is 66.9 Å². The zero-order valence-electron chi connectivity index (χ0n) is 15.2. The second kappa shape index (κ2) is 9.01. The fourth-order valence-corrected chi connectivity index (χ4v) is 2.78. The van der Waals surface area contributed by atoms with Crippen molar-refractivity contribution < 1.29 is 9.59 Å². The fraction of sp³-hybridized carbons (Fsp3) is 0.0952. The Bertz CT molecular complexity index is 1010. The summed E-state index contributed by atoms with van der Waals surface area (Å²) in [7, 11) is 1.58. The third kappa shape index (κ3) is 4.86. The molecule has 0 aliphatic rings. The number of benzene rings is 2. The van der Waals surface area contributed by atoms with E-state index in [0.717, 1.165) is 11.1 Å². The topological polar surface area (TPSA) is 76.0 Å². The van der Waals surface area contributed by atoms with Crippen molar-refractivity contribution in [2.75, 3.05) is 12.4 Å². The molecule has 0 unspecified atom stereocenters. The standard InChI is InChI=1S/C21H19ClN4O2/c1-23-21(28)16-9-6-15(7-10-16)8-11-20(27)25-19-12-13-24-26(19)14-17-4-2-3-5-18(17)22/h2-13H,14H2,1H3,(H,23,28)(H,25,27). The zero-order valence-corrected chi connectivity index (χ0v) is 16.0. The van der Waals surface area contributed by atoms with E-state index in [1.807, 2.05) is 24.3 Å². The predicted molar refractivity (Wildman–Crippen MR) is 110 cm³/mol. The highest BCUT2D eigenvalue weighted by molar-refractivity contribution is 6.31. The highest BCUT2D eigenvalue weighted by Crippen LogP contribution is 2.18. The van der Waals surface area contributed by atoms with Crippen molar-refractivity contribution in [3.05, 3.63) is 88.6 Å². The first kappa shape index (κ1) is 19.4. The van der Waals surface area contributed by atoms with Crippen LogP contribution in [0, 0.1) is 0 Å². The quantitative estimate of drug-likeness (QED) is 0.627. The number of nitrogens with one attached hydrogen (secondary N) is 2. The van der Waals surface area contributed by atoms with Crippen LogP contribution in [-0.4, -0.2) is 28.6 Å². The van der Waals surface area contributed by atoms with Gasteiger partial charge in [0.25, 0.3) is 5.91 Å². The summed E-state index contributed by atoms with van der Waals surface area (Å²) in [6, 6.07) is 16.2. The van der Waals surface area contributed by atoms with Crippen molar-refractivity contribution >= 4 is 35.3 Å². The maximum atomic E-state index is 12.2. The molecule has 1 aromatic heterocycles. The van der Waals surface area contributed by atoms with Crippen LogP contribution < -0.4 is 10.6 Å². The van der Waals surface area contributed by atoms with E-state index in [9.17, 15) is 9.59 Å². The molecule has 0 saturated carbocycles. The summed E-state index contributed by atoms with van der Waals surface area (Å²) in [5.74, 6) is 0.140. The summed E-state index contributed by atoms with van der Waals surface area (Å²) < 4.78 is 1.67. The Kier molecular flexibility index (Phi) is 6.24. The van der Waals surface area contributed by atoms with Gasteiger partial charge in [-0.2, -0.15) is 5.10 Å². The molecule has 1 heterocycles. The molecule has 2 aromatic carbocycles. The number of halogens is 1. The number of nitrogens with zero attached hydrogens (tertiary/aromatic N) is 2. The van der Waals surface area contributed by atoms with Gasteiger partial charge >= 0.3 is 0 Å². The average Bonchev–Trinajstić information content (AvgIpc) is 3.14. The molecule has 0 aliphatic carbocycles. The van der Waals surface area contributed by atoms with E-state index in [0.29, 0.717) is 22.9 Å². The number of hydrogen-bond donors (Lipinski definition) is 2. The lowest BCUT2D eigenvalue weighted by atomic mass is 10.1. The molecule has 3 rings (SSSR count). The van der Waals surface area contributed by atoms with Crippen molar-refractivity contribution in [2.45, 2.75) is 6.54 Å². The van der Waals surface area contributed by atoms with Crippen LogP contribution in [0.4, 0.5) is 5.82 Å². The van der Waals surface area contributed by atoms with Gasteiger partial charge in [0.05, 0.1) is 12.7 Å². The molecular formula is C21H19ClN4O2. The highest BCUT2D eigenvalue weighted by atomic mass is 35.5. The first-order valence-electron chi connectivity index (χ1n) is 8.63. The van der Waals surface area contributed by atoms with Gasteiger partial charge in [0.2, 0.25) is 5.91 Å². The van der Waals surface area contributed by atoms with E-state index in [1.165, 1.54) is 6.08 Å². The molecule has 0 atom stereocenters. The zero-order chi connectivity index (χ0) is 19.9. The van der Waals surface area contributed by atoms with Gasteiger partial charge in [0, 0.05) is 29.8 Å². The minimum absolute atomic E-state index is 0.153. The van der Waals surface area contributed by atoms with Crippen LogP contribution >= 0.6 is 11.6 Å². The minimum atomic E-state index is -0.281. The van der Waals surface area contributed by atoms with Crippen LogP contribution in [0.3, 0.4) is 0 Å². The number of carbonyl (C=O) groups excluding carboxylic acids is 2. The summed E-state index contributed by atoms with van der Waals surface area (Å²) in [6.07, 6.45) is 4.73. The molecule has 0 saturated heterocycles. The SMILES string of the molecule is CNC(=O)c1ccc(C=CC(=O)Nc2ccnn2Cc2ccccc2Cl)cc1. The molecule has 142 valence electrons. The second-order valence-corrected chi connectivity index (χ2v) is 6.40. The molecule has 6 nitrogen and oxygen atoms in total. The summed E-state index contributed by atoms with van der Waals surface area (Å²) in [5, 5.41) is 10.3. The first-order valence-corrected chi connectivity index (χ1v) is 9.01. The monoisotopic (exact) mass is 394 g/mol. The molecule has 0 radical (unpaired) electrons. The number of hydrogen-bond acceptors (Lipinski definition) is 3. The maximum absolute atomic E-state index is 12.2. The van der Waals surface area contributed by atoms with Crippen molar-refractivity contribution in [1.82, 2.24) is 15.1 Å². The van der Waals surface area contributed by atoms with Crippen LogP contribution in [0.2, 0.25) is 5.02 Å². The van der Waals surface area contributed by atoms with Gasteiger partial charge < -0.3 is 10.6 Å². The van der Waals surface area contributed by atoms with Gasteiger partial charge in [-0.15, -0.1) is 0 Å². The third-order valence-corrected chi connectivity index (χ3v) is 4.44. The van der Waals surface area contributed by atoms with E-state index in [1.54, 1.807) is 54.3 Å². The molecule has 2 amide bonds. The maximum Gasteiger partial charge on any atom is 0.251 e. The van der Waals surface area contributed by atoms with E-state index in [4.69, 9.17) is 11.6 Å². The molecule has 3 aromatic rings. The van der Waals surface area contributed by atoms with E-state index in [-0.39, 0.29) is 11.8 Å². The Labute approximate surface area is 167 Å². The number of aromatic nitrogens is 2. The van der Waals surface area contributed by atoms with Crippen molar-refractivity contribution in [2.24, 2.45) is 0 Å². The van der Waals surface area contributed by atoms with Gasteiger partial charge in [0.1, 0.15) is 5.82 Å². The van der Waals surface area contributed by atoms with Crippen LogP contribution in [0.5, 0.6) is 0 Å². The van der Waals surface area contributed by atoms with Crippen LogP contribution in [0.1, 0.15) is 21.5 Å².